The number of nitrogens with two attached hydrogens (primary N) is 1. The van der Waals surface area contributed by atoms with Crippen LogP contribution in [0.3, 0.4) is 0 Å². The fourth-order valence-corrected chi connectivity index (χ4v) is 3.32. The lowest BCUT2D eigenvalue weighted by atomic mass is 10.1. The highest BCUT2D eigenvalue weighted by molar-refractivity contribution is 6.31. The van der Waals surface area contributed by atoms with Crippen LogP contribution in [-0.2, 0) is 0 Å². The third kappa shape index (κ3) is 4.48. The first-order valence-corrected chi connectivity index (χ1v) is 9.28. The van der Waals surface area contributed by atoms with Gasteiger partial charge in [0.1, 0.15) is 12.4 Å². The highest BCUT2D eigenvalue weighted by Gasteiger charge is 2.23. The number of ether oxygens (including phenoxy) is 1. The molecule has 1 fully saturated rings. The molecule has 0 spiro atoms. The summed E-state index contributed by atoms with van der Waals surface area (Å²) in [7, 11) is 0. The van der Waals surface area contributed by atoms with Crippen molar-refractivity contribution in [3.63, 3.8) is 0 Å². The van der Waals surface area contributed by atoms with Crippen molar-refractivity contribution in [1.82, 2.24) is 4.90 Å². The van der Waals surface area contributed by atoms with Gasteiger partial charge in [-0.05, 0) is 36.8 Å². The number of halogens is 1. The topological polar surface area (TPSA) is 58.8 Å². The zero-order chi connectivity index (χ0) is 18.4. The van der Waals surface area contributed by atoms with E-state index in [1.165, 1.54) is 5.69 Å². The van der Waals surface area contributed by atoms with E-state index in [0.29, 0.717) is 42.6 Å². The SMILES string of the molecule is NCCOc1ccc(Cl)cc1C(=O)N1CCCN(c2ccccc2)CC1. The van der Waals surface area contributed by atoms with Gasteiger partial charge in [-0.2, -0.15) is 0 Å². The van der Waals surface area contributed by atoms with Gasteiger partial charge in [0.2, 0.25) is 0 Å². The van der Waals surface area contributed by atoms with Crippen LogP contribution in [0.4, 0.5) is 5.69 Å². The van der Waals surface area contributed by atoms with Gasteiger partial charge in [-0.15, -0.1) is 0 Å². The fraction of sp³-hybridized carbons (Fsp3) is 0.350. The Kier molecular flexibility index (Phi) is 6.36. The number of carbonyl (C=O) groups is 1. The Bertz CT molecular complexity index is 739. The highest BCUT2D eigenvalue weighted by Crippen LogP contribution is 2.25. The zero-order valence-corrected chi connectivity index (χ0v) is 15.5. The Hall–Kier alpha value is -2.24. The van der Waals surface area contributed by atoms with E-state index in [4.69, 9.17) is 22.1 Å². The maximum Gasteiger partial charge on any atom is 0.257 e. The van der Waals surface area contributed by atoms with Crippen LogP contribution in [0, 0.1) is 0 Å². The molecule has 1 heterocycles. The summed E-state index contributed by atoms with van der Waals surface area (Å²) in [6, 6.07) is 15.4. The number of hydrogen-bond acceptors (Lipinski definition) is 4. The first-order chi connectivity index (χ1) is 12.7. The minimum Gasteiger partial charge on any atom is -0.491 e. The molecule has 1 aliphatic rings. The van der Waals surface area contributed by atoms with E-state index in [-0.39, 0.29) is 5.91 Å². The van der Waals surface area contributed by atoms with E-state index in [9.17, 15) is 4.79 Å². The number of nitrogens with zero attached hydrogens (tertiary/aromatic N) is 2. The Labute approximate surface area is 159 Å². The van der Waals surface area contributed by atoms with Crippen LogP contribution in [0.25, 0.3) is 0 Å². The molecule has 0 atom stereocenters. The Morgan fingerprint density at radius 2 is 1.88 bits per heavy atom. The molecule has 0 unspecified atom stereocenters. The summed E-state index contributed by atoms with van der Waals surface area (Å²) < 4.78 is 5.63. The second kappa shape index (κ2) is 8.92. The number of anilines is 1. The van der Waals surface area contributed by atoms with Gasteiger partial charge in [0.05, 0.1) is 5.56 Å². The standard InChI is InChI=1S/C20H24ClN3O2/c21-16-7-8-19(26-14-9-22)18(15-16)20(25)24-11-4-10-23(12-13-24)17-5-2-1-3-6-17/h1-3,5-8,15H,4,9-14,22H2. The van der Waals surface area contributed by atoms with Crippen molar-refractivity contribution in [3.8, 4) is 5.75 Å². The zero-order valence-electron chi connectivity index (χ0n) is 14.7. The van der Waals surface area contributed by atoms with Gasteiger partial charge in [0.15, 0.2) is 0 Å². The minimum absolute atomic E-state index is 0.0468. The van der Waals surface area contributed by atoms with Gasteiger partial charge in [-0.1, -0.05) is 29.8 Å². The van der Waals surface area contributed by atoms with Crippen molar-refractivity contribution in [2.75, 3.05) is 44.2 Å². The maximum atomic E-state index is 13.1. The predicted molar refractivity (Wildman–Crippen MR) is 105 cm³/mol. The third-order valence-electron chi connectivity index (χ3n) is 4.45. The second-order valence-corrected chi connectivity index (χ2v) is 6.68. The molecule has 0 radical (unpaired) electrons. The van der Waals surface area contributed by atoms with Gasteiger partial charge in [-0.25, -0.2) is 0 Å². The monoisotopic (exact) mass is 373 g/mol. The molecule has 5 nitrogen and oxygen atoms in total. The molecule has 138 valence electrons. The van der Waals surface area contributed by atoms with Crippen molar-refractivity contribution in [1.29, 1.82) is 0 Å². The van der Waals surface area contributed by atoms with E-state index in [2.05, 4.69) is 17.0 Å². The average molecular weight is 374 g/mol. The van der Waals surface area contributed by atoms with Crippen molar-refractivity contribution >= 4 is 23.2 Å². The number of rotatable bonds is 5. The number of carbonyl (C=O) groups excluding carboxylic acids is 1. The molecule has 0 aromatic heterocycles. The summed E-state index contributed by atoms with van der Waals surface area (Å²) in [5, 5.41) is 0.522. The average Bonchev–Trinajstić information content (AvgIpc) is 2.93. The molecule has 1 aliphatic heterocycles. The van der Waals surface area contributed by atoms with Crippen molar-refractivity contribution < 1.29 is 9.53 Å². The fourth-order valence-electron chi connectivity index (χ4n) is 3.15. The van der Waals surface area contributed by atoms with Gasteiger partial charge in [-0.3, -0.25) is 4.79 Å². The van der Waals surface area contributed by atoms with E-state index >= 15 is 0 Å². The van der Waals surface area contributed by atoms with Gasteiger partial charge >= 0.3 is 0 Å². The van der Waals surface area contributed by atoms with Crippen LogP contribution in [-0.4, -0.2) is 50.1 Å². The molecule has 0 aliphatic carbocycles. The molecular formula is C20H24ClN3O2. The van der Waals surface area contributed by atoms with Crippen LogP contribution >= 0.6 is 11.6 Å². The maximum absolute atomic E-state index is 13.1. The number of benzene rings is 2. The summed E-state index contributed by atoms with van der Waals surface area (Å²) in [6.45, 7) is 3.87. The number of amides is 1. The van der Waals surface area contributed by atoms with Gasteiger partial charge in [0, 0.05) is 43.4 Å². The van der Waals surface area contributed by atoms with Crippen LogP contribution in [0.15, 0.2) is 48.5 Å². The van der Waals surface area contributed by atoms with E-state index < -0.39 is 0 Å². The first kappa shape index (κ1) is 18.5. The van der Waals surface area contributed by atoms with Crippen molar-refractivity contribution in [2.24, 2.45) is 5.73 Å². The smallest absolute Gasteiger partial charge is 0.257 e. The molecule has 1 saturated heterocycles. The summed E-state index contributed by atoms with van der Waals surface area (Å²) in [5.41, 5.74) is 7.20. The molecule has 2 N–H and O–H groups in total. The third-order valence-corrected chi connectivity index (χ3v) is 4.69. The predicted octanol–water partition coefficient (Wildman–Crippen LogP) is 3.03. The van der Waals surface area contributed by atoms with Crippen LogP contribution in [0.5, 0.6) is 5.75 Å². The molecule has 0 saturated carbocycles. The lowest BCUT2D eigenvalue weighted by molar-refractivity contribution is 0.0762. The molecule has 6 heteroatoms. The van der Waals surface area contributed by atoms with E-state index in [1.807, 2.05) is 23.1 Å². The Morgan fingerprint density at radius 3 is 2.65 bits per heavy atom. The largest absolute Gasteiger partial charge is 0.491 e. The lowest BCUT2D eigenvalue weighted by Crippen LogP contribution is -2.35. The molecular weight excluding hydrogens is 350 g/mol. The van der Waals surface area contributed by atoms with E-state index in [0.717, 1.165) is 19.5 Å². The molecule has 26 heavy (non-hydrogen) atoms. The first-order valence-electron chi connectivity index (χ1n) is 8.90. The Morgan fingerprint density at radius 1 is 1.08 bits per heavy atom. The quantitative estimate of drug-likeness (QED) is 0.875. The number of hydrogen-bond donors (Lipinski definition) is 1. The van der Waals surface area contributed by atoms with Crippen molar-refractivity contribution in [3.05, 3.63) is 59.1 Å². The normalized spacial score (nSPS) is 14.8. The summed E-state index contributed by atoms with van der Waals surface area (Å²) in [4.78, 5) is 17.3. The summed E-state index contributed by atoms with van der Waals surface area (Å²) >= 11 is 6.11. The van der Waals surface area contributed by atoms with Crippen LogP contribution in [0.1, 0.15) is 16.8 Å². The molecule has 2 aromatic carbocycles. The minimum atomic E-state index is -0.0468. The molecule has 1 amide bonds. The Balaban J connectivity index is 1.73. The van der Waals surface area contributed by atoms with Crippen LogP contribution in [0.2, 0.25) is 5.02 Å². The van der Waals surface area contributed by atoms with Crippen LogP contribution < -0.4 is 15.4 Å². The molecule has 3 rings (SSSR count). The van der Waals surface area contributed by atoms with Gasteiger partial charge < -0.3 is 20.3 Å². The number of para-hydroxylation sites is 1. The highest BCUT2D eigenvalue weighted by atomic mass is 35.5. The van der Waals surface area contributed by atoms with E-state index in [1.54, 1.807) is 18.2 Å². The molecule has 0 bridgehead atoms. The van der Waals surface area contributed by atoms with Crippen molar-refractivity contribution in [2.45, 2.75) is 6.42 Å². The summed E-state index contributed by atoms with van der Waals surface area (Å²) in [5.74, 6) is 0.489. The lowest BCUT2D eigenvalue weighted by Gasteiger charge is -2.24. The van der Waals surface area contributed by atoms with Gasteiger partial charge in [0.25, 0.3) is 5.91 Å². The second-order valence-electron chi connectivity index (χ2n) is 6.25. The summed E-state index contributed by atoms with van der Waals surface area (Å²) in [6.07, 6.45) is 0.917. The molecule has 2 aromatic rings.